The van der Waals surface area contributed by atoms with Crippen molar-refractivity contribution in [3.63, 3.8) is 0 Å². The molecule has 0 aliphatic rings. The highest BCUT2D eigenvalue weighted by Crippen LogP contribution is 2.41. The van der Waals surface area contributed by atoms with Gasteiger partial charge < -0.3 is 18.6 Å². The number of para-hydroxylation sites is 4. The van der Waals surface area contributed by atoms with Gasteiger partial charge in [0.25, 0.3) is 0 Å². The summed E-state index contributed by atoms with van der Waals surface area (Å²) in [5.74, 6) is 1.79. The van der Waals surface area contributed by atoms with Crippen molar-refractivity contribution in [1.82, 2.24) is 9.13 Å². The molecule has 0 fully saturated rings. The van der Waals surface area contributed by atoms with E-state index >= 15 is 0 Å². The summed E-state index contributed by atoms with van der Waals surface area (Å²) < 4.78 is 19.8. The number of hydrogen-bond donors (Lipinski definition) is 0. The maximum atomic E-state index is 6.44. The molecule has 6 aromatic carbocycles. The van der Waals surface area contributed by atoms with Crippen LogP contribution in [0.5, 0.6) is 11.5 Å². The zero-order valence-electron chi connectivity index (χ0n) is 29.5. The predicted molar refractivity (Wildman–Crippen MR) is 226 cm³/mol. The SMILES string of the molecule is Brc1ccc2c(OCCCCCCn3c4ccccc4c4ccccc43)c(Br)ccc2c1OCCCCCCn1c2ccccc2c2ccccc21. The van der Waals surface area contributed by atoms with Crippen molar-refractivity contribution >= 4 is 86.2 Å². The van der Waals surface area contributed by atoms with E-state index in [2.05, 4.69) is 162 Å². The van der Waals surface area contributed by atoms with Crippen molar-refractivity contribution in [1.29, 1.82) is 0 Å². The molecule has 0 bridgehead atoms. The molecule has 0 atom stereocenters. The molecule has 52 heavy (non-hydrogen) atoms. The number of rotatable bonds is 16. The molecule has 0 N–H and O–H groups in total. The average molecular weight is 817 g/mol. The van der Waals surface area contributed by atoms with Crippen LogP contribution in [0, 0.1) is 0 Å². The van der Waals surface area contributed by atoms with Crippen LogP contribution < -0.4 is 9.47 Å². The molecule has 264 valence electrons. The molecule has 0 radical (unpaired) electrons. The fourth-order valence-corrected chi connectivity index (χ4v) is 8.80. The van der Waals surface area contributed by atoms with E-state index in [9.17, 15) is 0 Å². The Labute approximate surface area is 322 Å². The molecule has 0 aliphatic carbocycles. The van der Waals surface area contributed by atoms with Crippen molar-refractivity contribution in [3.8, 4) is 11.5 Å². The first-order chi connectivity index (χ1) is 25.7. The lowest BCUT2D eigenvalue weighted by atomic mass is 10.1. The number of benzene rings is 6. The second-order valence-electron chi connectivity index (χ2n) is 13.7. The monoisotopic (exact) mass is 814 g/mol. The quantitative estimate of drug-likeness (QED) is 0.0909. The van der Waals surface area contributed by atoms with E-state index < -0.39 is 0 Å². The number of ether oxygens (including phenoxy) is 2. The van der Waals surface area contributed by atoms with E-state index in [1.54, 1.807) is 0 Å². The van der Waals surface area contributed by atoms with Gasteiger partial charge in [-0.1, -0.05) is 98.5 Å². The van der Waals surface area contributed by atoms with Gasteiger partial charge in [-0.05, 0) is 106 Å². The van der Waals surface area contributed by atoms with E-state index in [0.29, 0.717) is 13.2 Å². The molecular formula is C46H44Br2N2O2. The minimum Gasteiger partial charge on any atom is -0.492 e. The van der Waals surface area contributed by atoms with E-state index in [4.69, 9.17) is 9.47 Å². The Morgan fingerprint density at radius 3 is 1.04 bits per heavy atom. The fourth-order valence-electron chi connectivity index (χ4n) is 7.88. The molecule has 0 amide bonds. The zero-order valence-corrected chi connectivity index (χ0v) is 32.7. The second kappa shape index (κ2) is 16.2. The molecule has 0 spiro atoms. The molecule has 0 aliphatic heterocycles. The lowest BCUT2D eigenvalue weighted by Gasteiger charge is -2.16. The summed E-state index contributed by atoms with van der Waals surface area (Å²) in [5, 5.41) is 7.52. The third-order valence-corrected chi connectivity index (χ3v) is 11.7. The van der Waals surface area contributed by atoms with Crippen LogP contribution in [0.1, 0.15) is 51.4 Å². The summed E-state index contributed by atoms with van der Waals surface area (Å²) in [5.41, 5.74) is 5.31. The highest BCUT2D eigenvalue weighted by Gasteiger charge is 2.15. The molecule has 4 nitrogen and oxygen atoms in total. The van der Waals surface area contributed by atoms with Crippen molar-refractivity contribution in [2.75, 3.05) is 13.2 Å². The van der Waals surface area contributed by atoms with Gasteiger partial charge in [0.05, 0.1) is 22.2 Å². The minimum absolute atomic E-state index is 0.688. The third kappa shape index (κ3) is 7.08. The fraction of sp³-hybridized carbons (Fsp3) is 0.261. The van der Waals surface area contributed by atoms with E-state index in [1.807, 2.05) is 0 Å². The Kier molecular flexibility index (Phi) is 10.8. The second-order valence-corrected chi connectivity index (χ2v) is 15.5. The highest BCUT2D eigenvalue weighted by molar-refractivity contribution is 9.11. The Morgan fingerprint density at radius 1 is 0.346 bits per heavy atom. The van der Waals surface area contributed by atoms with Crippen LogP contribution in [-0.4, -0.2) is 22.3 Å². The van der Waals surface area contributed by atoms with Gasteiger partial charge in [-0.15, -0.1) is 0 Å². The molecule has 0 saturated heterocycles. The highest BCUT2D eigenvalue weighted by atomic mass is 79.9. The van der Waals surface area contributed by atoms with E-state index in [-0.39, 0.29) is 0 Å². The number of fused-ring (bicyclic) bond motifs is 7. The van der Waals surface area contributed by atoms with Crippen LogP contribution in [-0.2, 0) is 13.1 Å². The topological polar surface area (TPSA) is 28.3 Å². The summed E-state index contributed by atoms with van der Waals surface area (Å²) in [6, 6.07) is 43.5. The van der Waals surface area contributed by atoms with Gasteiger partial charge >= 0.3 is 0 Å². The standard InChI is InChI=1S/C46H44Br2N2O2/c47-39-27-26-38-37(45(39)51-31-15-3-1-13-29-49-41-21-9-5-17-33(41)34-18-6-10-22-42(34)49)25-28-40(48)46(38)52-32-16-4-2-14-30-50-43-23-11-7-19-35(43)36-20-8-12-24-44(36)50/h5-12,17-28H,1-4,13-16,29-32H2. The maximum Gasteiger partial charge on any atom is 0.141 e. The van der Waals surface area contributed by atoms with Crippen LogP contribution in [0.3, 0.4) is 0 Å². The summed E-state index contributed by atoms with van der Waals surface area (Å²) in [7, 11) is 0. The Balaban J connectivity index is 0.813. The molecule has 2 heterocycles. The molecule has 6 heteroatoms. The maximum absolute atomic E-state index is 6.44. The first-order valence-electron chi connectivity index (χ1n) is 18.8. The van der Waals surface area contributed by atoms with Crippen LogP contribution in [0.4, 0.5) is 0 Å². The number of aryl methyl sites for hydroxylation is 2. The molecule has 0 saturated carbocycles. The van der Waals surface area contributed by atoms with Crippen LogP contribution in [0.25, 0.3) is 54.4 Å². The van der Waals surface area contributed by atoms with Crippen molar-refractivity contribution < 1.29 is 9.47 Å². The first kappa shape index (κ1) is 34.8. The Hall–Kier alpha value is -4.26. The number of hydrogen-bond acceptors (Lipinski definition) is 2. The van der Waals surface area contributed by atoms with Crippen molar-refractivity contribution in [2.24, 2.45) is 0 Å². The van der Waals surface area contributed by atoms with E-state index in [0.717, 1.165) is 82.8 Å². The van der Waals surface area contributed by atoms with Gasteiger partial charge in [-0.25, -0.2) is 0 Å². The van der Waals surface area contributed by atoms with Gasteiger partial charge in [0.15, 0.2) is 0 Å². The number of nitrogens with zero attached hydrogens (tertiary/aromatic N) is 2. The van der Waals surface area contributed by atoms with Gasteiger partial charge in [-0.2, -0.15) is 0 Å². The first-order valence-corrected chi connectivity index (χ1v) is 20.4. The summed E-state index contributed by atoms with van der Waals surface area (Å²) in [6.45, 7) is 3.44. The van der Waals surface area contributed by atoms with Crippen LogP contribution in [0.2, 0.25) is 0 Å². The molecule has 2 aromatic heterocycles. The van der Waals surface area contributed by atoms with E-state index in [1.165, 1.54) is 56.5 Å². The normalized spacial score (nSPS) is 11.8. The Bertz CT molecular complexity index is 2200. The smallest absolute Gasteiger partial charge is 0.141 e. The number of aromatic nitrogens is 2. The van der Waals surface area contributed by atoms with Gasteiger partial charge in [-0.3, -0.25) is 0 Å². The Morgan fingerprint density at radius 2 is 0.673 bits per heavy atom. The van der Waals surface area contributed by atoms with Crippen LogP contribution >= 0.6 is 31.9 Å². The molecule has 8 rings (SSSR count). The lowest BCUT2D eigenvalue weighted by Crippen LogP contribution is -2.02. The third-order valence-electron chi connectivity index (χ3n) is 10.4. The zero-order chi connectivity index (χ0) is 35.3. The van der Waals surface area contributed by atoms with Gasteiger partial charge in [0.1, 0.15) is 11.5 Å². The minimum atomic E-state index is 0.688. The lowest BCUT2D eigenvalue weighted by molar-refractivity contribution is 0.302. The van der Waals surface area contributed by atoms with Crippen molar-refractivity contribution in [2.45, 2.75) is 64.5 Å². The summed E-state index contributed by atoms with van der Waals surface area (Å²) >= 11 is 7.53. The van der Waals surface area contributed by atoms with Crippen molar-refractivity contribution in [3.05, 3.63) is 130 Å². The number of unbranched alkanes of at least 4 members (excludes halogenated alkanes) is 6. The average Bonchev–Trinajstić information content (AvgIpc) is 3.68. The molecule has 8 aromatic rings. The summed E-state index contributed by atoms with van der Waals surface area (Å²) in [6.07, 6.45) is 8.96. The molecule has 0 unspecified atom stereocenters. The predicted octanol–water partition coefficient (Wildman–Crippen LogP) is 13.9. The molecular weight excluding hydrogens is 772 g/mol. The van der Waals surface area contributed by atoms with Gasteiger partial charge in [0, 0.05) is 67.5 Å². The van der Waals surface area contributed by atoms with Gasteiger partial charge in [0.2, 0.25) is 0 Å². The number of halogens is 2. The largest absolute Gasteiger partial charge is 0.492 e. The van der Waals surface area contributed by atoms with Crippen LogP contribution in [0.15, 0.2) is 130 Å². The summed E-state index contributed by atoms with van der Waals surface area (Å²) in [4.78, 5) is 0.